The number of nitrogens with two attached hydrogens (primary N) is 1. The summed E-state index contributed by atoms with van der Waals surface area (Å²) >= 11 is 0. The second kappa shape index (κ2) is 4.84. The Hall–Kier alpha value is -1.76. The number of hydrogen-bond donors (Lipinski definition) is 3. The summed E-state index contributed by atoms with van der Waals surface area (Å²) in [6, 6.07) is 2.66. The third-order valence-electron chi connectivity index (χ3n) is 1.81. The van der Waals surface area contributed by atoms with Gasteiger partial charge in [0.2, 0.25) is 0 Å². The quantitative estimate of drug-likeness (QED) is 0.686. The van der Waals surface area contributed by atoms with E-state index >= 15 is 0 Å². The van der Waals surface area contributed by atoms with Gasteiger partial charge in [0.1, 0.15) is 5.75 Å². The van der Waals surface area contributed by atoms with Gasteiger partial charge < -0.3 is 16.2 Å². The molecule has 0 aliphatic carbocycles. The highest BCUT2D eigenvalue weighted by atomic mass is 19.3. The molecule has 0 saturated carbocycles. The minimum absolute atomic E-state index is 0.296. The zero-order valence-electron chi connectivity index (χ0n) is 8.28. The number of halogens is 2. The first-order chi connectivity index (χ1) is 7.46. The maximum Gasteiger partial charge on any atom is 0.277 e. The van der Waals surface area contributed by atoms with E-state index in [4.69, 9.17) is 5.73 Å². The summed E-state index contributed by atoms with van der Waals surface area (Å²) in [4.78, 5) is 14.9. The predicted molar refractivity (Wildman–Crippen MR) is 52.2 cm³/mol. The molecule has 0 fully saturated rings. The van der Waals surface area contributed by atoms with Crippen LogP contribution >= 0.6 is 0 Å². The molecule has 5 nitrogen and oxygen atoms in total. The Morgan fingerprint density at radius 3 is 2.88 bits per heavy atom. The molecule has 0 radical (unpaired) electrons. The van der Waals surface area contributed by atoms with Crippen molar-refractivity contribution in [1.82, 2.24) is 10.3 Å². The molecule has 0 aliphatic rings. The van der Waals surface area contributed by atoms with Gasteiger partial charge in [-0.15, -0.1) is 0 Å². The van der Waals surface area contributed by atoms with Crippen LogP contribution in [0, 0.1) is 0 Å². The number of nitrogens with one attached hydrogen (secondary N) is 1. The lowest BCUT2D eigenvalue weighted by Crippen LogP contribution is -2.41. The lowest BCUT2D eigenvalue weighted by molar-refractivity contribution is 0.0117. The zero-order chi connectivity index (χ0) is 12.2. The van der Waals surface area contributed by atoms with Gasteiger partial charge in [-0.25, -0.2) is 13.8 Å². The van der Waals surface area contributed by atoms with Crippen molar-refractivity contribution in [2.45, 2.75) is 5.92 Å². The van der Waals surface area contributed by atoms with E-state index in [1.54, 1.807) is 0 Å². The molecular weight excluding hydrogens is 220 g/mol. The molecule has 0 unspecified atom stereocenters. The molecule has 0 bridgehead atoms. The van der Waals surface area contributed by atoms with Crippen LogP contribution in [-0.2, 0) is 0 Å². The van der Waals surface area contributed by atoms with Gasteiger partial charge in [0.15, 0.2) is 5.69 Å². The average Bonchev–Trinajstić information content (AvgIpc) is 2.27. The van der Waals surface area contributed by atoms with E-state index in [9.17, 15) is 18.7 Å². The largest absolute Gasteiger partial charge is 0.505 e. The number of carbonyl (C=O) groups is 1. The van der Waals surface area contributed by atoms with E-state index in [0.29, 0.717) is 0 Å². The first-order valence-corrected chi connectivity index (χ1v) is 4.46. The van der Waals surface area contributed by atoms with Crippen LogP contribution in [0.25, 0.3) is 0 Å². The lowest BCUT2D eigenvalue weighted by Gasteiger charge is -2.14. The summed E-state index contributed by atoms with van der Waals surface area (Å²) in [6.45, 7) is -1.75. The van der Waals surface area contributed by atoms with Crippen molar-refractivity contribution in [2.75, 3.05) is 13.1 Å². The van der Waals surface area contributed by atoms with Gasteiger partial charge in [-0.05, 0) is 12.1 Å². The number of nitrogens with zero attached hydrogens (tertiary/aromatic N) is 1. The number of amides is 1. The van der Waals surface area contributed by atoms with Crippen molar-refractivity contribution in [3.8, 4) is 5.75 Å². The third kappa shape index (κ3) is 3.13. The normalized spacial score (nSPS) is 11.2. The van der Waals surface area contributed by atoms with E-state index in [1.807, 2.05) is 5.32 Å². The maximum absolute atomic E-state index is 12.7. The molecule has 0 spiro atoms. The van der Waals surface area contributed by atoms with Crippen molar-refractivity contribution < 1.29 is 18.7 Å². The molecule has 1 rings (SSSR count). The average molecular weight is 231 g/mol. The van der Waals surface area contributed by atoms with Crippen molar-refractivity contribution in [1.29, 1.82) is 0 Å². The highest BCUT2D eigenvalue weighted by Gasteiger charge is 2.27. The number of hydrogen-bond acceptors (Lipinski definition) is 4. The molecule has 1 amide bonds. The number of alkyl halides is 2. The highest BCUT2D eigenvalue weighted by molar-refractivity contribution is 5.94. The van der Waals surface area contributed by atoms with E-state index in [2.05, 4.69) is 4.98 Å². The molecule has 7 heteroatoms. The van der Waals surface area contributed by atoms with Gasteiger partial charge in [-0.3, -0.25) is 4.79 Å². The molecule has 0 atom stereocenters. The zero-order valence-corrected chi connectivity index (χ0v) is 8.28. The van der Waals surface area contributed by atoms with E-state index in [0.717, 1.165) is 0 Å². The van der Waals surface area contributed by atoms with Gasteiger partial charge in [0.05, 0.1) is 13.1 Å². The molecule has 1 aromatic heterocycles. The van der Waals surface area contributed by atoms with Gasteiger partial charge in [-0.2, -0.15) is 0 Å². The third-order valence-corrected chi connectivity index (χ3v) is 1.81. The van der Waals surface area contributed by atoms with Crippen LogP contribution in [0.3, 0.4) is 0 Å². The minimum atomic E-state index is -3.17. The molecule has 0 aromatic carbocycles. The Kier molecular flexibility index (Phi) is 3.73. The fraction of sp³-hybridized carbons (Fsp3) is 0.333. The van der Waals surface area contributed by atoms with Gasteiger partial charge in [0, 0.05) is 6.20 Å². The standard InChI is InChI=1S/C9H11F2N3O2/c10-9(11,4-12)5-14-8(16)7-6(15)2-1-3-13-7/h1-3,15H,4-5,12H2,(H,14,16). The number of pyridine rings is 1. The first kappa shape index (κ1) is 12.3. The smallest absolute Gasteiger partial charge is 0.277 e. The van der Waals surface area contributed by atoms with Crippen LogP contribution in [0.5, 0.6) is 5.75 Å². The van der Waals surface area contributed by atoms with Crippen molar-refractivity contribution in [3.63, 3.8) is 0 Å². The summed E-state index contributed by atoms with van der Waals surface area (Å²) in [5.41, 5.74) is 4.50. The first-order valence-electron chi connectivity index (χ1n) is 4.46. The predicted octanol–water partition coefficient (Wildman–Crippen LogP) is 0.111. The topological polar surface area (TPSA) is 88.2 Å². The number of carbonyl (C=O) groups excluding carboxylic acids is 1. The van der Waals surface area contributed by atoms with Gasteiger partial charge in [0.25, 0.3) is 11.8 Å². The minimum Gasteiger partial charge on any atom is -0.505 e. The van der Waals surface area contributed by atoms with Crippen molar-refractivity contribution in [3.05, 3.63) is 24.0 Å². The van der Waals surface area contributed by atoms with E-state index < -0.39 is 24.9 Å². The monoisotopic (exact) mass is 231 g/mol. The summed E-state index contributed by atoms with van der Waals surface area (Å²) in [5, 5.41) is 11.2. The summed E-state index contributed by atoms with van der Waals surface area (Å²) < 4.78 is 25.4. The second-order valence-electron chi connectivity index (χ2n) is 3.11. The molecular formula is C9H11F2N3O2. The Bertz CT molecular complexity index is 385. The summed E-state index contributed by atoms with van der Waals surface area (Å²) in [7, 11) is 0. The van der Waals surface area contributed by atoms with Gasteiger partial charge >= 0.3 is 0 Å². The van der Waals surface area contributed by atoms with E-state index in [1.165, 1.54) is 18.3 Å². The van der Waals surface area contributed by atoms with Crippen LogP contribution in [0.2, 0.25) is 0 Å². The molecule has 0 saturated heterocycles. The molecule has 1 heterocycles. The Balaban J connectivity index is 2.64. The van der Waals surface area contributed by atoms with Crippen LogP contribution in [-0.4, -0.2) is 35.0 Å². The fourth-order valence-corrected chi connectivity index (χ4v) is 0.937. The number of aromatic nitrogens is 1. The van der Waals surface area contributed by atoms with Crippen LogP contribution in [0.4, 0.5) is 8.78 Å². The second-order valence-corrected chi connectivity index (χ2v) is 3.11. The Morgan fingerprint density at radius 1 is 1.62 bits per heavy atom. The van der Waals surface area contributed by atoms with E-state index in [-0.39, 0.29) is 11.4 Å². The molecule has 16 heavy (non-hydrogen) atoms. The van der Waals surface area contributed by atoms with Gasteiger partial charge in [-0.1, -0.05) is 0 Å². The van der Waals surface area contributed by atoms with Crippen LogP contribution in [0.1, 0.15) is 10.5 Å². The molecule has 88 valence electrons. The summed E-state index contributed by atoms with van der Waals surface area (Å²) in [5.74, 6) is -4.40. The molecule has 4 N–H and O–H groups in total. The Morgan fingerprint density at radius 2 is 2.31 bits per heavy atom. The van der Waals surface area contributed by atoms with Crippen molar-refractivity contribution >= 4 is 5.91 Å². The van der Waals surface area contributed by atoms with Crippen LogP contribution < -0.4 is 11.1 Å². The summed E-state index contributed by atoms with van der Waals surface area (Å²) in [6.07, 6.45) is 1.27. The SMILES string of the molecule is NCC(F)(F)CNC(=O)c1ncccc1O. The number of rotatable bonds is 4. The van der Waals surface area contributed by atoms with Crippen LogP contribution in [0.15, 0.2) is 18.3 Å². The molecule has 1 aromatic rings. The Labute approximate surface area is 90.3 Å². The van der Waals surface area contributed by atoms with Crippen molar-refractivity contribution in [2.24, 2.45) is 5.73 Å². The highest BCUT2D eigenvalue weighted by Crippen LogP contribution is 2.13. The molecule has 0 aliphatic heterocycles. The fourth-order valence-electron chi connectivity index (χ4n) is 0.937. The lowest BCUT2D eigenvalue weighted by atomic mass is 10.3. The number of aromatic hydroxyl groups is 1. The maximum atomic E-state index is 12.7.